The van der Waals surface area contributed by atoms with Gasteiger partial charge in [-0.1, -0.05) is 13.8 Å². The van der Waals surface area contributed by atoms with E-state index < -0.39 is 0 Å². The van der Waals surface area contributed by atoms with Gasteiger partial charge in [-0.3, -0.25) is 0 Å². The molecule has 0 saturated carbocycles. The van der Waals surface area contributed by atoms with Gasteiger partial charge in [0.05, 0.1) is 6.61 Å². The van der Waals surface area contributed by atoms with Crippen LogP contribution in [0, 0.1) is 5.92 Å². The molecule has 0 aromatic carbocycles. The maximum absolute atomic E-state index is 6.03. The Labute approximate surface area is 109 Å². The van der Waals surface area contributed by atoms with Crippen molar-refractivity contribution in [1.29, 1.82) is 0 Å². The summed E-state index contributed by atoms with van der Waals surface area (Å²) in [5.41, 5.74) is 6.03. The summed E-state index contributed by atoms with van der Waals surface area (Å²) in [5, 5.41) is 0. The summed E-state index contributed by atoms with van der Waals surface area (Å²) in [7, 11) is 1.97. The van der Waals surface area contributed by atoms with Gasteiger partial charge in [-0.15, -0.1) is 0 Å². The number of hydrogen-bond donors (Lipinski definition) is 1. The van der Waals surface area contributed by atoms with Crippen molar-refractivity contribution in [3.05, 3.63) is 12.3 Å². The lowest BCUT2D eigenvalue weighted by molar-refractivity contribution is 0.326. The van der Waals surface area contributed by atoms with Crippen molar-refractivity contribution in [2.75, 3.05) is 25.1 Å². The van der Waals surface area contributed by atoms with Gasteiger partial charge in [0, 0.05) is 31.9 Å². The van der Waals surface area contributed by atoms with E-state index in [1.165, 1.54) is 0 Å². The van der Waals surface area contributed by atoms with Crippen LogP contribution in [0.2, 0.25) is 0 Å². The van der Waals surface area contributed by atoms with Gasteiger partial charge in [-0.25, -0.2) is 4.98 Å². The zero-order valence-electron chi connectivity index (χ0n) is 11.8. The molecule has 5 heteroatoms. The average molecular weight is 252 g/mol. The average Bonchev–Trinajstić information content (AvgIpc) is 2.36. The summed E-state index contributed by atoms with van der Waals surface area (Å²) in [6.45, 7) is 7.66. The van der Waals surface area contributed by atoms with Gasteiger partial charge in [-0.2, -0.15) is 4.98 Å². The highest BCUT2D eigenvalue weighted by molar-refractivity contribution is 5.30. The van der Waals surface area contributed by atoms with Crippen molar-refractivity contribution in [2.45, 2.75) is 33.2 Å². The van der Waals surface area contributed by atoms with Crippen LogP contribution < -0.4 is 15.4 Å². The normalized spacial score (nSPS) is 12.6. The van der Waals surface area contributed by atoms with E-state index in [9.17, 15) is 0 Å². The van der Waals surface area contributed by atoms with Crippen molar-refractivity contribution in [3.63, 3.8) is 0 Å². The summed E-state index contributed by atoms with van der Waals surface area (Å²) >= 11 is 0. The van der Waals surface area contributed by atoms with Crippen LogP contribution in [0.3, 0.4) is 0 Å². The van der Waals surface area contributed by atoms with Crippen LogP contribution in [0.25, 0.3) is 0 Å². The highest BCUT2D eigenvalue weighted by atomic mass is 16.5. The van der Waals surface area contributed by atoms with Crippen molar-refractivity contribution < 1.29 is 4.74 Å². The predicted molar refractivity (Wildman–Crippen MR) is 73.9 cm³/mol. The van der Waals surface area contributed by atoms with Crippen LogP contribution >= 0.6 is 0 Å². The Hall–Kier alpha value is -1.36. The quantitative estimate of drug-likeness (QED) is 0.800. The molecule has 1 unspecified atom stereocenters. The molecule has 0 aliphatic rings. The van der Waals surface area contributed by atoms with Crippen LogP contribution in [0.5, 0.6) is 5.88 Å². The first kappa shape index (κ1) is 14.7. The molecule has 0 spiro atoms. The fourth-order valence-electron chi connectivity index (χ4n) is 1.52. The van der Waals surface area contributed by atoms with E-state index in [0.29, 0.717) is 24.4 Å². The molecule has 0 saturated heterocycles. The minimum atomic E-state index is 0.211. The molecule has 0 aliphatic heterocycles. The first-order valence-corrected chi connectivity index (χ1v) is 6.47. The number of ether oxygens (including phenoxy) is 1. The van der Waals surface area contributed by atoms with Crippen LogP contribution in [0.15, 0.2) is 12.3 Å². The Balaban J connectivity index is 2.55. The summed E-state index contributed by atoms with van der Waals surface area (Å²) in [4.78, 5) is 10.6. The van der Waals surface area contributed by atoms with E-state index in [1.807, 2.05) is 18.9 Å². The molecule has 102 valence electrons. The molecule has 1 rings (SSSR count). The lowest BCUT2D eigenvalue weighted by Gasteiger charge is -2.21. The molecule has 1 aromatic heterocycles. The van der Waals surface area contributed by atoms with Gasteiger partial charge >= 0.3 is 0 Å². The number of rotatable bonds is 7. The first-order chi connectivity index (χ1) is 8.54. The number of hydrogen-bond acceptors (Lipinski definition) is 5. The van der Waals surface area contributed by atoms with Gasteiger partial charge in [0.2, 0.25) is 11.8 Å². The van der Waals surface area contributed by atoms with E-state index in [4.69, 9.17) is 10.5 Å². The molecule has 1 aromatic rings. The highest BCUT2D eigenvalue weighted by Crippen LogP contribution is 2.12. The summed E-state index contributed by atoms with van der Waals surface area (Å²) in [6, 6.07) is 1.98. The molecule has 0 fully saturated rings. The molecule has 2 N–H and O–H groups in total. The Morgan fingerprint density at radius 3 is 2.78 bits per heavy atom. The zero-order chi connectivity index (χ0) is 13.5. The van der Waals surface area contributed by atoms with Crippen LogP contribution in [-0.2, 0) is 0 Å². The van der Waals surface area contributed by atoms with Crippen LogP contribution in [0.1, 0.15) is 27.2 Å². The lowest BCUT2D eigenvalue weighted by atomic mass is 10.0. The molecule has 1 heterocycles. The minimum absolute atomic E-state index is 0.211. The van der Waals surface area contributed by atoms with Crippen molar-refractivity contribution >= 4 is 5.95 Å². The smallest absolute Gasteiger partial charge is 0.228 e. The van der Waals surface area contributed by atoms with Crippen molar-refractivity contribution in [3.8, 4) is 5.88 Å². The second kappa shape index (κ2) is 7.16. The molecule has 0 radical (unpaired) electrons. The zero-order valence-corrected chi connectivity index (χ0v) is 11.8. The van der Waals surface area contributed by atoms with Gasteiger partial charge in [0.25, 0.3) is 0 Å². The Bertz CT molecular complexity index is 357. The summed E-state index contributed by atoms with van der Waals surface area (Å²) in [5.74, 6) is 1.79. The second-order valence-electron chi connectivity index (χ2n) is 4.75. The number of nitrogens with zero attached hydrogens (tertiary/aromatic N) is 3. The molecule has 0 aliphatic carbocycles. The molecule has 18 heavy (non-hydrogen) atoms. The highest BCUT2D eigenvalue weighted by Gasteiger charge is 2.11. The largest absolute Gasteiger partial charge is 0.478 e. The van der Waals surface area contributed by atoms with Crippen LogP contribution in [-0.4, -0.2) is 36.2 Å². The lowest BCUT2D eigenvalue weighted by Crippen LogP contribution is -2.32. The molecule has 5 nitrogen and oxygen atoms in total. The number of nitrogens with two attached hydrogens (primary N) is 1. The third kappa shape index (κ3) is 4.49. The first-order valence-electron chi connectivity index (χ1n) is 6.47. The Morgan fingerprint density at radius 1 is 1.44 bits per heavy atom. The van der Waals surface area contributed by atoms with E-state index >= 15 is 0 Å². The van der Waals surface area contributed by atoms with Gasteiger partial charge in [0.1, 0.15) is 0 Å². The number of anilines is 1. The maximum atomic E-state index is 6.03. The van der Waals surface area contributed by atoms with Crippen molar-refractivity contribution in [1.82, 2.24) is 9.97 Å². The topological polar surface area (TPSA) is 64.3 Å². The fraction of sp³-hybridized carbons (Fsp3) is 0.692. The monoisotopic (exact) mass is 252 g/mol. The predicted octanol–water partition coefficient (Wildman–Crippen LogP) is 1.68. The van der Waals surface area contributed by atoms with E-state index in [-0.39, 0.29) is 6.04 Å². The summed E-state index contributed by atoms with van der Waals surface area (Å²) < 4.78 is 5.36. The molecule has 0 amide bonds. The van der Waals surface area contributed by atoms with Crippen molar-refractivity contribution in [2.24, 2.45) is 11.7 Å². The maximum Gasteiger partial charge on any atom is 0.228 e. The molecular formula is C13H24N4O. The Kier molecular flexibility index (Phi) is 5.85. The Morgan fingerprint density at radius 2 is 2.17 bits per heavy atom. The van der Waals surface area contributed by atoms with Gasteiger partial charge in [-0.05, 0) is 19.3 Å². The SMILES string of the molecule is CCOc1ccnc(N(C)CCC(N)C(C)C)n1. The van der Waals surface area contributed by atoms with Crippen LogP contribution in [0.4, 0.5) is 5.95 Å². The standard InChI is InChI=1S/C13H24N4O/c1-5-18-12-6-8-15-13(16-12)17(4)9-7-11(14)10(2)3/h6,8,10-11H,5,7,9,14H2,1-4H3. The number of aromatic nitrogens is 2. The van der Waals surface area contributed by atoms with Gasteiger partial charge < -0.3 is 15.4 Å². The second-order valence-corrected chi connectivity index (χ2v) is 4.75. The molecule has 0 bridgehead atoms. The van der Waals surface area contributed by atoms with E-state index in [1.54, 1.807) is 12.3 Å². The fourth-order valence-corrected chi connectivity index (χ4v) is 1.52. The minimum Gasteiger partial charge on any atom is -0.478 e. The third-order valence-electron chi connectivity index (χ3n) is 2.91. The van der Waals surface area contributed by atoms with Gasteiger partial charge in [0.15, 0.2) is 0 Å². The third-order valence-corrected chi connectivity index (χ3v) is 2.91. The molecule has 1 atom stereocenters. The van der Waals surface area contributed by atoms with E-state index in [0.717, 1.165) is 13.0 Å². The molecular weight excluding hydrogens is 228 g/mol. The summed E-state index contributed by atoms with van der Waals surface area (Å²) in [6.07, 6.45) is 2.64. The van der Waals surface area contributed by atoms with E-state index in [2.05, 4.69) is 23.8 Å².